The number of hydrogen-bond donors (Lipinski definition) is 4. The highest BCUT2D eigenvalue weighted by Crippen LogP contribution is 2.16. The molecule has 0 heterocycles. The Kier molecular flexibility index (Phi) is 8.21. The summed E-state index contributed by atoms with van der Waals surface area (Å²) in [7, 11) is 0. The molecule has 0 aromatic heterocycles. The number of carbonyl (C=O) groups excluding carboxylic acids is 3. The Balaban J connectivity index is 1.84. The van der Waals surface area contributed by atoms with Gasteiger partial charge in [0, 0.05) is 35.1 Å². The first-order chi connectivity index (χ1) is 13.9. The zero-order valence-electron chi connectivity index (χ0n) is 17.0. The second-order valence-corrected chi connectivity index (χ2v) is 7.00. The van der Waals surface area contributed by atoms with E-state index in [-0.39, 0.29) is 30.2 Å². The maximum atomic E-state index is 12.2. The molecule has 154 valence electrons. The smallest absolute Gasteiger partial charge is 0.243 e. The second-order valence-electron chi connectivity index (χ2n) is 7.00. The van der Waals surface area contributed by atoms with Crippen LogP contribution < -0.4 is 21.3 Å². The minimum absolute atomic E-state index is 0.0320. The molecule has 2 rings (SSSR count). The van der Waals surface area contributed by atoms with Gasteiger partial charge in [0.05, 0.1) is 6.54 Å². The Labute approximate surface area is 171 Å². The predicted octanol–water partition coefficient (Wildman–Crippen LogP) is 4.07. The fourth-order valence-corrected chi connectivity index (χ4v) is 2.47. The van der Waals surface area contributed by atoms with E-state index in [0.29, 0.717) is 23.5 Å². The van der Waals surface area contributed by atoms with Gasteiger partial charge in [0.25, 0.3) is 0 Å². The molecule has 0 spiro atoms. The van der Waals surface area contributed by atoms with E-state index in [9.17, 15) is 14.4 Å². The van der Waals surface area contributed by atoms with Crippen LogP contribution in [-0.4, -0.2) is 24.3 Å². The number of amides is 3. The SMILES string of the molecule is CCCC(=O)Nc1cccc(NCC(=O)Nc2ccc(NC(=O)C(C)C)cc2)c1. The lowest BCUT2D eigenvalue weighted by Gasteiger charge is -2.11. The van der Waals surface area contributed by atoms with Crippen LogP contribution in [-0.2, 0) is 14.4 Å². The number of carbonyl (C=O) groups is 3. The molecule has 0 atom stereocenters. The number of benzene rings is 2. The van der Waals surface area contributed by atoms with Gasteiger partial charge >= 0.3 is 0 Å². The zero-order valence-corrected chi connectivity index (χ0v) is 17.0. The maximum absolute atomic E-state index is 12.2. The highest BCUT2D eigenvalue weighted by Gasteiger charge is 2.08. The van der Waals surface area contributed by atoms with E-state index in [4.69, 9.17) is 0 Å². The highest BCUT2D eigenvalue weighted by atomic mass is 16.2. The summed E-state index contributed by atoms with van der Waals surface area (Å²) in [6.45, 7) is 5.68. The standard InChI is InChI=1S/C22H28N4O3/c1-4-6-20(27)25-19-8-5-7-18(13-19)23-14-21(28)24-16-9-11-17(12-10-16)26-22(29)15(2)3/h5,7-13,15,23H,4,6,14H2,1-3H3,(H,24,28)(H,25,27)(H,26,29). The van der Waals surface area contributed by atoms with E-state index in [1.54, 1.807) is 36.4 Å². The zero-order chi connectivity index (χ0) is 21.2. The topological polar surface area (TPSA) is 99.3 Å². The van der Waals surface area contributed by atoms with Crippen molar-refractivity contribution in [3.63, 3.8) is 0 Å². The molecular weight excluding hydrogens is 368 g/mol. The second kappa shape index (κ2) is 10.8. The molecule has 2 aromatic carbocycles. The van der Waals surface area contributed by atoms with Crippen LogP contribution >= 0.6 is 0 Å². The van der Waals surface area contributed by atoms with Crippen molar-refractivity contribution in [3.8, 4) is 0 Å². The van der Waals surface area contributed by atoms with Crippen molar-refractivity contribution in [1.82, 2.24) is 0 Å². The normalized spacial score (nSPS) is 10.3. The summed E-state index contributed by atoms with van der Waals surface area (Å²) in [4.78, 5) is 35.6. The lowest BCUT2D eigenvalue weighted by atomic mass is 10.2. The van der Waals surface area contributed by atoms with Gasteiger partial charge in [-0.3, -0.25) is 14.4 Å². The minimum Gasteiger partial charge on any atom is -0.376 e. The van der Waals surface area contributed by atoms with Crippen LogP contribution in [0.25, 0.3) is 0 Å². The first kappa shape index (κ1) is 21.9. The molecule has 7 heteroatoms. The number of nitrogens with one attached hydrogen (secondary N) is 4. The quantitative estimate of drug-likeness (QED) is 0.513. The molecule has 0 fully saturated rings. The average molecular weight is 396 g/mol. The number of anilines is 4. The molecule has 0 aliphatic carbocycles. The Bertz CT molecular complexity index is 847. The minimum atomic E-state index is -0.204. The third-order valence-electron chi connectivity index (χ3n) is 4.04. The molecule has 0 aliphatic heterocycles. The van der Waals surface area contributed by atoms with Crippen LogP contribution in [0.4, 0.5) is 22.7 Å². The van der Waals surface area contributed by atoms with Crippen molar-refractivity contribution in [3.05, 3.63) is 48.5 Å². The van der Waals surface area contributed by atoms with Gasteiger partial charge in [0.1, 0.15) is 0 Å². The molecule has 2 aromatic rings. The predicted molar refractivity (Wildman–Crippen MR) is 117 cm³/mol. The lowest BCUT2D eigenvalue weighted by molar-refractivity contribution is -0.119. The van der Waals surface area contributed by atoms with Crippen LogP contribution in [0.15, 0.2) is 48.5 Å². The van der Waals surface area contributed by atoms with Crippen molar-refractivity contribution in [2.75, 3.05) is 27.8 Å². The largest absolute Gasteiger partial charge is 0.376 e. The molecule has 4 N–H and O–H groups in total. The van der Waals surface area contributed by atoms with Crippen molar-refractivity contribution in [2.24, 2.45) is 5.92 Å². The molecule has 0 bridgehead atoms. The molecular formula is C22H28N4O3. The van der Waals surface area contributed by atoms with E-state index >= 15 is 0 Å². The van der Waals surface area contributed by atoms with Gasteiger partial charge in [-0.25, -0.2) is 0 Å². The lowest BCUT2D eigenvalue weighted by Crippen LogP contribution is -2.22. The van der Waals surface area contributed by atoms with E-state index in [1.807, 2.05) is 32.9 Å². The molecule has 7 nitrogen and oxygen atoms in total. The van der Waals surface area contributed by atoms with Gasteiger partial charge in [-0.15, -0.1) is 0 Å². The fourth-order valence-electron chi connectivity index (χ4n) is 2.47. The van der Waals surface area contributed by atoms with Gasteiger partial charge in [-0.05, 0) is 48.9 Å². The fraction of sp³-hybridized carbons (Fsp3) is 0.318. The summed E-state index contributed by atoms with van der Waals surface area (Å²) in [5.74, 6) is -0.391. The van der Waals surface area contributed by atoms with Crippen molar-refractivity contribution in [2.45, 2.75) is 33.6 Å². The van der Waals surface area contributed by atoms with E-state index < -0.39 is 0 Å². The molecule has 0 unspecified atom stereocenters. The first-order valence-corrected chi connectivity index (χ1v) is 9.72. The van der Waals surface area contributed by atoms with Crippen LogP contribution in [0.3, 0.4) is 0 Å². The van der Waals surface area contributed by atoms with Gasteiger partial charge in [-0.1, -0.05) is 26.8 Å². The van der Waals surface area contributed by atoms with Gasteiger partial charge < -0.3 is 21.3 Å². The van der Waals surface area contributed by atoms with E-state index in [0.717, 1.165) is 12.1 Å². The third kappa shape index (κ3) is 7.65. The van der Waals surface area contributed by atoms with Gasteiger partial charge in [-0.2, -0.15) is 0 Å². The maximum Gasteiger partial charge on any atom is 0.243 e. The monoisotopic (exact) mass is 396 g/mol. The van der Waals surface area contributed by atoms with Crippen LogP contribution in [0, 0.1) is 5.92 Å². The molecule has 0 aliphatic rings. The molecule has 29 heavy (non-hydrogen) atoms. The van der Waals surface area contributed by atoms with Crippen molar-refractivity contribution >= 4 is 40.5 Å². The van der Waals surface area contributed by atoms with Crippen LogP contribution in [0.2, 0.25) is 0 Å². The van der Waals surface area contributed by atoms with E-state index in [1.165, 1.54) is 0 Å². The van der Waals surface area contributed by atoms with Crippen molar-refractivity contribution < 1.29 is 14.4 Å². The van der Waals surface area contributed by atoms with Gasteiger partial charge in [0.2, 0.25) is 17.7 Å². The Hall–Kier alpha value is -3.35. The summed E-state index contributed by atoms with van der Waals surface area (Å²) >= 11 is 0. The summed E-state index contributed by atoms with van der Waals surface area (Å²) in [6.07, 6.45) is 1.26. The van der Waals surface area contributed by atoms with Crippen molar-refractivity contribution in [1.29, 1.82) is 0 Å². The highest BCUT2D eigenvalue weighted by molar-refractivity contribution is 5.95. The van der Waals surface area contributed by atoms with Crippen LogP contribution in [0.5, 0.6) is 0 Å². The Morgan fingerprint density at radius 1 is 0.793 bits per heavy atom. The summed E-state index contributed by atoms with van der Waals surface area (Å²) in [5, 5.41) is 11.5. The summed E-state index contributed by atoms with van der Waals surface area (Å²) in [6, 6.07) is 14.2. The molecule has 3 amide bonds. The Morgan fingerprint density at radius 3 is 2.00 bits per heavy atom. The summed E-state index contributed by atoms with van der Waals surface area (Å²) in [5.41, 5.74) is 2.75. The molecule has 0 radical (unpaired) electrons. The van der Waals surface area contributed by atoms with Gasteiger partial charge in [0.15, 0.2) is 0 Å². The molecule has 0 saturated heterocycles. The average Bonchev–Trinajstić information content (AvgIpc) is 2.68. The number of rotatable bonds is 9. The summed E-state index contributed by atoms with van der Waals surface area (Å²) < 4.78 is 0. The Morgan fingerprint density at radius 2 is 1.38 bits per heavy atom. The number of hydrogen-bond acceptors (Lipinski definition) is 4. The first-order valence-electron chi connectivity index (χ1n) is 9.72. The molecule has 0 saturated carbocycles. The third-order valence-corrected chi connectivity index (χ3v) is 4.04. The van der Waals surface area contributed by atoms with E-state index in [2.05, 4.69) is 21.3 Å². The van der Waals surface area contributed by atoms with Crippen LogP contribution in [0.1, 0.15) is 33.6 Å².